The lowest BCUT2D eigenvalue weighted by Crippen LogP contribution is -2.40. The number of rotatable bonds is 8. The van der Waals surface area contributed by atoms with Gasteiger partial charge in [0, 0.05) is 10.9 Å². The Morgan fingerprint density at radius 2 is 1.58 bits per heavy atom. The van der Waals surface area contributed by atoms with Crippen LogP contribution < -0.4 is 16.3 Å². The Morgan fingerprint density at radius 3 is 2.26 bits per heavy atom. The van der Waals surface area contributed by atoms with Crippen LogP contribution in [0.1, 0.15) is 59.9 Å². The number of carbonyl (C=O) groups is 2. The van der Waals surface area contributed by atoms with Crippen molar-refractivity contribution in [1.82, 2.24) is 20.9 Å². The first-order valence-corrected chi connectivity index (χ1v) is 12.3. The summed E-state index contributed by atoms with van der Waals surface area (Å²) < 4.78 is 0. The molecule has 192 valence electrons. The predicted molar refractivity (Wildman–Crippen MR) is 150 cm³/mol. The van der Waals surface area contributed by atoms with Gasteiger partial charge in [0.15, 0.2) is 6.04 Å². The summed E-state index contributed by atoms with van der Waals surface area (Å²) in [5.74, 6) is -0.618. The zero-order chi connectivity index (χ0) is 27.1. The molecule has 8 heteroatoms. The average molecular weight is 508 g/mol. The molecule has 0 fully saturated rings. The molecule has 3 N–H and O–H groups in total. The van der Waals surface area contributed by atoms with Gasteiger partial charge in [0.05, 0.1) is 11.6 Å². The fraction of sp³-hybridized carbons (Fsp3) is 0.167. The van der Waals surface area contributed by atoms with E-state index in [0.717, 1.165) is 11.1 Å². The Bertz CT molecular complexity index is 1550. The second-order valence-electron chi connectivity index (χ2n) is 9.20. The van der Waals surface area contributed by atoms with Crippen LogP contribution in [0.2, 0.25) is 0 Å². The molecule has 0 saturated heterocycles. The largest absolute Gasteiger partial charge is 0.335 e. The maximum atomic E-state index is 13.3. The Kier molecular flexibility index (Phi) is 8.23. The molecule has 0 aliphatic heterocycles. The standard InChI is InChI=1S/C30H29N5O3/c1-19(2)22-15-13-21(14-16-22)17-20(3)18-31-34-30(38)27(32-28(36)23-9-5-4-6-10-23)26-24-11-7-8-12-25(24)29(37)35-33-26/h4-19,27H,1-3H3,(H,32,36)(H,34,38)(H,35,37)/b20-17-,31-18+/t27-/m1/s1. The van der Waals surface area contributed by atoms with Gasteiger partial charge in [0.2, 0.25) is 0 Å². The highest BCUT2D eigenvalue weighted by Crippen LogP contribution is 2.21. The van der Waals surface area contributed by atoms with Crippen LogP contribution in [0.15, 0.2) is 94.3 Å². The number of nitrogens with one attached hydrogen (secondary N) is 3. The highest BCUT2D eigenvalue weighted by molar-refractivity contribution is 5.99. The maximum Gasteiger partial charge on any atom is 0.272 e. The molecule has 2 amide bonds. The van der Waals surface area contributed by atoms with Crippen molar-refractivity contribution in [3.63, 3.8) is 0 Å². The first-order chi connectivity index (χ1) is 18.3. The van der Waals surface area contributed by atoms with Gasteiger partial charge in [-0.3, -0.25) is 14.4 Å². The molecule has 0 bridgehead atoms. The number of hydrogen-bond acceptors (Lipinski definition) is 5. The number of hydrogen-bond donors (Lipinski definition) is 3. The highest BCUT2D eigenvalue weighted by Gasteiger charge is 2.27. The molecule has 0 spiro atoms. The van der Waals surface area contributed by atoms with Gasteiger partial charge in [-0.1, -0.05) is 80.6 Å². The topological polar surface area (TPSA) is 116 Å². The summed E-state index contributed by atoms with van der Waals surface area (Å²) in [6.45, 7) is 6.16. The molecule has 1 aromatic heterocycles. The zero-order valence-electron chi connectivity index (χ0n) is 21.4. The van der Waals surface area contributed by atoms with Crippen molar-refractivity contribution < 1.29 is 9.59 Å². The molecular weight excluding hydrogens is 478 g/mol. The highest BCUT2D eigenvalue weighted by atomic mass is 16.2. The van der Waals surface area contributed by atoms with Crippen LogP contribution in [0, 0.1) is 0 Å². The minimum atomic E-state index is -1.21. The Morgan fingerprint density at radius 1 is 0.921 bits per heavy atom. The lowest BCUT2D eigenvalue weighted by Gasteiger charge is -2.18. The number of fused-ring (bicyclic) bond motifs is 1. The number of aromatic amines is 1. The average Bonchev–Trinajstić information content (AvgIpc) is 2.93. The van der Waals surface area contributed by atoms with Gasteiger partial charge in [0.1, 0.15) is 5.69 Å². The lowest BCUT2D eigenvalue weighted by atomic mass is 10.0. The SMILES string of the molecule is CC(=C/c1ccc(C(C)C)cc1)/C=N/NC(=O)[C@H](NC(=O)c1ccccc1)c1n[nH]c(=O)c2ccccc12. The molecule has 0 unspecified atom stereocenters. The summed E-state index contributed by atoms with van der Waals surface area (Å²) in [6, 6.07) is 22.3. The van der Waals surface area contributed by atoms with Crippen LogP contribution in [0.25, 0.3) is 16.8 Å². The summed E-state index contributed by atoms with van der Waals surface area (Å²) in [5, 5.41) is 14.2. The van der Waals surface area contributed by atoms with Crippen molar-refractivity contribution in [2.75, 3.05) is 0 Å². The fourth-order valence-corrected chi connectivity index (χ4v) is 3.96. The van der Waals surface area contributed by atoms with Crippen molar-refractivity contribution in [1.29, 1.82) is 0 Å². The Labute approximate surface area is 220 Å². The molecule has 1 heterocycles. The van der Waals surface area contributed by atoms with Gasteiger partial charge < -0.3 is 5.32 Å². The molecule has 4 aromatic rings. The first-order valence-electron chi connectivity index (χ1n) is 12.3. The third kappa shape index (κ3) is 6.28. The van der Waals surface area contributed by atoms with Crippen LogP contribution in [0.3, 0.4) is 0 Å². The third-order valence-corrected chi connectivity index (χ3v) is 6.01. The molecule has 8 nitrogen and oxygen atoms in total. The normalized spacial score (nSPS) is 12.6. The lowest BCUT2D eigenvalue weighted by molar-refractivity contribution is -0.123. The summed E-state index contributed by atoms with van der Waals surface area (Å²) >= 11 is 0. The van der Waals surface area contributed by atoms with Gasteiger partial charge in [0.25, 0.3) is 17.4 Å². The molecular formula is C30H29N5O3. The van der Waals surface area contributed by atoms with E-state index in [1.807, 2.05) is 25.1 Å². The molecule has 38 heavy (non-hydrogen) atoms. The number of benzene rings is 3. The monoisotopic (exact) mass is 507 g/mol. The van der Waals surface area contributed by atoms with Gasteiger partial charge in [-0.25, -0.2) is 10.5 Å². The van der Waals surface area contributed by atoms with E-state index in [1.54, 1.807) is 54.6 Å². The zero-order valence-corrected chi connectivity index (χ0v) is 21.4. The minimum Gasteiger partial charge on any atom is -0.335 e. The fourth-order valence-electron chi connectivity index (χ4n) is 3.96. The van der Waals surface area contributed by atoms with Crippen molar-refractivity contribution >= 4 is 34.9 Å². The van der Waals surface area contributed by atoms with Gasteiger partial charge in [-0.2, -0.15) is 10.2 Å². The van der Waals surface area contributed by atoms with Crippen LogP contribution in [0.5, 0.6) is 0 Å². The number of nitrogens with zero attached hydrogens (tertiary/aromatic N) is 2. The number of H-pyrrole nitrogens is 1. The summed E-state index contributed by atoms with van der Waals surface area (Å²) in [4.78, 5) is 38.5. The number of allylic oxidation sites excluding steroid dienone is 1. The minimum absolute atomic E-state index is 0.203. The van der Waals surface area contributed by atoms with E-state index in [4.69, 9.17) is 0 Å². The van der Waals surface area contributed by atoms with Crippen molar-refractivity contribution in [2.24, 2.45) is 5.10 Å². The predicted octanol–water partition coefficient (Wildman–Crippen LogP) is 4.72. The van der Waals surface area contributed by atoms with E-state index in [2.05, 4.69) is 52.0 Å². The quantitative estimate of drug-likeness (QED) is 0.236. The van der Waals surface area contributed by atoms with Crippen molar-refractivity contribution in [3.8, 4) is 0 Å². The van der Waals surface area contributed by atoms with E-state index in [0.29, 0.717) is 22.3 Å². The third-order valence-electron chi connectivity index (χ3n) is 6.01. The van der Waals surface area contributed by atoms with E-state index in [-0.39, 0.29) is 5.69 Å². The van der Waals surface area contributed by atoms with Crippen LogP contribution in [0.4, 0.5) is 0 Å². The number of carbonyl (C=O) groups excluding carboxylic acids is 2. The second kappa shape index (κ2) is 11.9. The number of hydrazone groups is 1. The molecule has 0 radical (unpaired) electrons. The maximum absolute atomic E-state index is 13.3. The molecule has 0 saturated carbocycles. The van der Waals surface area contributed by atoms with E-state index in [9.17, 15) is 14.4 Å². The van der Waals surface area contributed by atoms with Crippen LogP contribution in [-0.4, -0.2) is 28.2 Å². The van der Waals surface area contributed by atoms with E-state index < -0.39 is 23.4 Å². The molecule has 1 atom stereocenters. The summed E-state index contributed by atoms with van der Waals surface area (Å²) in [7, 11) is 0. The van der Waals surface area contributed by atoms with Gasteiger partial charge in [-0.15, -0.1) is 0 Å². The molecule has 3 aromatic carbocycles. The van der Waals surface area contributed by atoms with Crippen LogP contribution >= 0.6 is 0 Å². The first kappa shape index (κ1) is 26.2. The van der Waals surface area contributed by atoms with E-state index >= 15 is 0 Å². The molecule has 0 aliphatic rings. The Hall–Kier alpha value is -4.85. The Balaban J connectivity index is 1.58. The molecule has 4 rings (SSSR count). The molecule has 0 aliphatic carbocycles. The summed E-state index contributed by atoms with van der Waals surface area (Å²) in [6.07, 6.45) is 3.48. The van der Waals surface area contributed by atoms with E-state index in [1.165, 1.54) is 11.8 Å². The van der Waals surface area contributed by atoms with Crippen molar-refractivity contribution in [3.05, 3.63) is 117 Å². The van der Waals surface area contributed by atoms with Crippen molar-refractivity contribution in [2.45, 2.75) is 32.7 Å². The second-order valence-corrected chi connectivity index (χ2v) is 9.20. The van der Waals surface area contributed by atoms with Gasteiger partial charge >= 0.3 is 0 Å². The number of amides is 2. The number of aromatic nitrogens is 2. The van der Waals surface area contributed by atoms with Crippen LogP contribution in [-0.2, 0) is 4.79 Å². The summed E-state index contributed by atoms with van der Waals surface area (Å²) in [5.41, 5.74) is 5.79. The smallest absolute Gasteiger partial charge is 0.272 e. The van der Waals surface area contributed by atoms with Gasteiger partial charge in [-0.05, 0) is 47.7 Å².